The average molecular weight is 269 g/mol. The summed E-state index contributed by atoms with van der Waals surface area (Å²) in [4.78, 5) is 6.86. The second-order valence-electron chi connectivity index (χ2n) is 6.29. The van der Waals surface area contributed by atoms with Crippen LogP contribution >= 0.6 is 11.3 Å². The van der Waals surface area contributed by atoms with E-state index in [9.17, 15) is 0 Å². The van der Waals surface area contributed by atoms with Crippen LogP contribution in [0.3, 0.4) is 0 Å². The Morgan fingerprint density at radius 1 is 1.44 bits per heavy atom. The minimum absolute atomic E-state index is 0.207. The van der Waals surface area contributed by atoms with Crippen molar-refractivity contribution in [2.45, 2.75) is 46.7 Å². The van der Waals surface area contributed by atoms with Gasteiger partial charge >= 0.3 is 0 Å². The van der Waals surface area contributed by atoms with Gasteiger partial charge < -0.3 is 10.2 Å². The zero-order valence-electron chi connectivity index (χ0n) is 12.6. The third kappa shape index (κ3) is 6.47. The molecule has 0 aliphatic carbocycles. The smallest absolute Gasteiger partial charge is 0.0897 e. The van der Waals surface area contributed by atoms with Crippen LogP contribution in [0.1, 0.15) is 38.4 Å². The Morgan fingerprint density at radius 2 is 2.11 bits per heavy atom. The summed E-state index contributed by atoms with van der Waals surface area (Å²) < 4.78 is 0. The highest BCUT2D eigenvalue weighted by Gasteiger charge is 2.13. The lowest BCUT2D eigenvalue weighted by molar-refractivity contribution is 0.260. The number of rotatable bonds is 6. The fourth-order valence-electron chi connectivity index (χ4n) is 1.90. The number of aryl methyl sites for hydroxylation is 1. The van der Waals surface area contributed by atoms with E-state index < -0.39 is 0 Å². The standard InChI is InChI=1S/C14H27N3S/c1-11(7-15-14(3,4)5)8-17(6)9-13-10-18-12(2)16-13/h10-11,15H,7-9H2,1-6H3. The molecule has 0 amide bonds. The number of hydrogen-bond acceptors (Lipinski definition) is 4. The zero-order chi connectivity index (χ0) is 13.8. The summed E-state index contributed by atoms with van der Waals surface area (Å²) in [7, 11) is 2.17. The summed E-state index contributed by atoms with van der Waals surface area (Å²) in [6.07, 6.45) is 0. The van der Waals surface area contributed by atoms with Crippen molar-refractivity contribution in [3.63, 3.8) is 0 Å². The molecule has 0 fully saturated rings. The van der Waals surface area contributed by atoms with E-state index in [1.807, 2.05) is 0 Å². The molecule has 0 bridgehead atoms. The summed E-state index contributed by atoms with van der Waals surface area (Å²) >= 11 is 1.73. The van der Waals surface area contributed by atoms with Crippen LogP contribution in [-0.4, -0.2) is 35.6 Å². The summed E-state index contributed by atoms with van der Waals surface area (Å²) in [5.41, 5.74) is 1.40. The molecule has 1 atom stereocenters. The van der Waals surface area contributed by atoms with Crippen LogP contribution in [0.4, 0.5) is 0 Å². The number of aromatic nitrogens is 1. The van der Waals surface area contributed by atoms with Gasteiger partial charge in [0.05, 0.1) is 10.7 Å². The molecule has 0 aromatic carbocycles. The lowest BCUT2D eigenvalue weighted by atomic mass is 10.1. The van der Waals surface area contributed by atoms with Gasteiger partial charge in [-0.3, -0.25) is 0 Å². The molecule has 1 aromatic heterocycles. The minimum Gasteiger partial charge on any atom is -0.312 e. The fourth-order valence-corrected chi connectivity index (χ4v) is 2.50. The number of nitrogens with zero attached hydrogens (tertiary/aromatic N) is 2. The molecule has 0 aliphatic rings. The Bertz CT molecular complexity index is 354. The SMILES string of the molecule is Cc1nc(CN(C)CC(C)CNC(C)(C)C)cs1. The van der Waals surface area contributed by atoms with E-state index in [0.717, 1.165) is 24.6 Å². The van der Waals surface area contributed by atoms with E-state index in [2.05, 4.69) is 62.2 Å². The van der Waals surface area contributed by atoms with Crippen molar-refractivity contribution in [3.8, 4) is 0 Å². The van der Waals surface area contributed by atoms with Gasteiger partial charge in [0.25, 0.3) is 0 Å². The molecular formula is C14H27N3S. The third-order valence-corrected chi connectivity index (χ3v) is 3.53. The van der Waals surface area contributed by atoms with Crippen LogP contribution < -0.4 is 5.32 Å². The molecule has 0 spiro atoms. The summed E-state index contributed by atoms with van der Waals surface area (Å²) in [6, 6.07) is 0. The first-order chi connectivity index (χ1) is 8.26. The molecule has 0 radical (unpaired) electrons. The first-order valence-electron chi connectivity index (χ1n) is 6.61. The topological polar surface area (TPSA) is 28.2 Å². The van der Waals surface area contributed by atoms with E-state index in [4.69, 9.17) is 0 Å². The Kier molecular flexibility index (Phi) is 5.76. The van der Waals surface area contributed by atoms with E-state index in [1.165, 1.54) is 5.69 Å². The van der Waals surface area contributed by atoms with E-state index in [-0.39, 0.29) is 5.54 Å². The van der Waals surface area contributed by atoms with Crippen molar-refractivity contribution in [2.24, 2.45) is 5.92 Å². The predicted molar refractivity (Wildman–Crippen MR) is 80.1 cm³/mol. The molecule has 1 unspecified atom stereocenters. The maximum atomic E-state index is 4.50. The highest BCUT2D eigenvalue weighted by atomic mass is 32.1. The molecule has 3 nitrogen and oxygen atoms in total. The fraction of sp³-hybridized carbons (Fsp3) is 0.786. The molecule has 1 aromatic rings. The second-order valence-corrected chi connectivity index (χ2v) is 7.35. The first-order valence-corrected chi connectivity index (χ1v) is 7.49. The second kappa shape index (κ2) is 6.64. The molecule has 0 saturated heterocycles. The molecule has 1 rings (SSSR count). The monoisotopic (exact) mass is 269 g/mol. The molecule has 104 valence electrons. The lowest BCUT2D eigenvalue weighted by Crippen LogP contribution is -2.40. The van der Waals surface area contributed by atoms with Crippen molar-refractivity contribution >= 4 is 11.3 Å². The Balaban J connectivity index is 2.29. The van der Waals surface area contributed by atoms with Gasteiger partial charge in [-0.2, -0.15) is 0 Å². The summed E-state index contributed by atoms with van der Waals surface area (Å²) in [5, 5.41) is 6.86. The van der Waals surface area contributed by atoms with Gasteiger partial charge in [0.2, 0.25) is 0 Å². The number of hydrogen-bond donors (Lipinski definition) is 1. The molecule has 0 aliphatic heterocycles. The Labute approximate surface area is 116 Å². The molecule has 0 saturated carbocycles. The van der Waals surface area contributed by atoms with Gasteiger partial charge in [0, 0.05) is 24.0 Å². The van der Waals surface area contributed by atoms with Gasteiger partial charge in [0.1, 0.15) is 0 Å². The minimum atomic E-state index is 0.207. The van der Waals surface area contributed by atoms with Gasteiger partial charge in [-0.1, -0.05) is 6.92 Å². The van der Waals surface area contributed by atoms with Crippen LogP contribution in [0, 0.1) is 12.8 Å². The Hall–Kier alpha value is -0.450. The van der Waals surface area contributed by atoms with E-state index >= 15 is 0 Å². The largest absolute Gasteiger partial charge is 0.312 e. The molecule has 1 N–H and O–H groups in total. The van der Waals surface area contributed by atoms with Gasteiger partial charge in [0.15, 0.2) is 0 Å². The van der Waals surface area contributed by atoms with Crippen LogP contribution in [0.25, 0.3) is 0 Å². The van der Waals surface area contributed by atoms with Crippen LogP contribution in [0.5, 0.6) is 0 Å². The van der Waals surface area contributed by atoms with Crippen LogP contribution in [0.2, 0.25) is 0 Å². The average Bonchev–Trinajstić information content (AvgIpc) is 2.59. The van der Waals surface area contributed by atoms with Gasteiger partial charge in [-0.15, -0.1) is 11.3 Å². The summed E-state index contributed by atoms with van der Waals surface area (Å²) in [5.74, 6) is 0.647. The highest BCUT2D eigenvalue weighted by Crippen LogP contribution is 2.11. The van der Waals surface area contributed by atoms with Crippen molar-refractivity contribution in [3.05, 3.63) is 16.1 Å². The third-order valence-electron chi connectivity index (χ3n) is 2.70. The maximum Gasteiger partial charge on any atom is 0.0897 e. The Morgan fingerprint density at radius 3 is 2.61 bits per heavy atom. The van der Waals surface area contributed by atoms with Crippen molar-refractivity contribution in [2.75, 3.05) is 20.1 Å². The molecule has 1 heterocycles. The van der Waals surface area contributed by atoms with Crippen molar-refractivity contribution < 1.29 is 0 Å². The molecular weight excluding hydrogens is 242 g/mol. The number of nitrogens with one attached hydrogen (secondary N) is 1. The number of thiazole rings is 1. The van der Waals surface area contributed by atoms with Crippen molar-refractivity contribution in [1.82, 2.24) is 15.2 Å². The normalized spacial score (nSPS) is 14.2. The molecule has 18 heavy (non-hydrogen) atoms. The van der Waals surface area contributed by atoms with Crippen molar-refractivity contribution in [1.29, 1.82) is 0 Å². The molecule has 4 heteroatoms. The first kappa shape index (κ1) is 15.6. The highest BCUT2D eigenvalue weighted by molar-refractivity contribution is 7.09. The quantitative estimate of drug-likeness (QED) is 0.860. The lowest BCUT2D eigenvalue weighted by Gasteiger charge is -2.26. The van der Waals surface area contributed by atoms with Crippen LogP contribution in [0.15, 0.2) is 5.38 Å². The maximum absolute atomic E-state index is 4.50. The zero-order valence-corrected chi connectivity index (χ0v) is 13.4. The predicted octanol–water partition coefficient (Wildman–Crippen LogP) is 2.91. The summed E-state index contributed by atoms with van der Waals surface area (Å²) in [6.45, 7) is 14.1. The van der Waals surface area contributed by atoms with Gasteiger partial charge in [-0.05, 0) is 47.2 Å². The van der Waals surface area contributed by atoms with E-state index in [1.54, 1.807) is 11.3 Å². The van der Waals surface area contributed by atoms with Gasteiger partial charge in [-0.25, -0.2) is 4.98 Å². The van der Waals surface area contributed by atoms with Crippen LogP contribution in [-0.2, 0) is 6.54 Å². The van der Waals surface area contributed by atoms with E-state index in [0.29, 0.717) is 5.92 Å².